The van der Waals surface area contributed by atoms with Gasteiger partial charge < -0.3 is 14.8 Å². The monoisotopic (exact) mass is 443 g/mol. The number of nitrogens with one attached hydrogen (secondary N) is 1. The molecule has 4 rings (SSSR count). The second kappa shape index (κ2) is 9.44. The van der Waals surface area contributed by atoms with E-state index in [4.69, 9.17) is 14.6 Å². The minimum atomic E-state index is -0.360. The van der Waals surface area contributed by atoms with Gasteiger partial charge in [-0.2, -0.15) is 10.2 Å². The Morgan fingerprint density at radius 1 is 1.25 bits per heavy atom. The molecule has 4 heterocycles. The molecule has 0 unspecified atom stereocenters. The third-order valence-corrected chi connectivity index (χ3v) is 6.57. The molecule has 0 aliphatic carbocycles. The molecule has 0 atom stereocenters. The molecule has 0 saturated carbocycles. The maximum Gasteiger partial charge on any atom is 0.356 e. The van der Waals surface area contributed by atoms with Gasteiger partial charge in [-0.25, -0.2) is 4.79 Å². The van der Waals surface area contributed by atoms with E-state index in [0.717, 1.165) is 55.1 Å². The molecule has 9 nitrogen and oxygen atoms in total. The lowest BCUT2D eigenvalue weighted by atomic mass is 9.76. The number of fused-ring (bicyclic) bond motifs is 1. The van der Waals surface area contributed by atoms with Gasteiger partial charge in [-0.3, -0.25) is 14.2 Å². The molecule has 1 fully saturated rings. The lowest BCUT2D eigenvalue weighted by Crippen LogP contribution is -2.40. The van der Waals surface area contributed by atoms with Crippen LogP contribution in [0.3, 0.4) is 0 Å². The summed E-state index contributed by atoms with van der Waals surface area (Å²) in [5.41, 5.74) is 3.86. The van der Waals surface area contributed by atoms with Crippen molar-refractivity contribution in [2.75, 3.05) is 26.4 Å². The van der Waals surface area contributed by atoms with Crippen LogP contribution in [0.2, 0.25) is 0 Å². The van der Waals surface area contributed by atoms with E-state index in [1.165, 1.54) is 0 Å². The Bertz CT molecular complexity index is 987. The largest absolute Gasteiger partial charge is 0.461 e. The van der Waals surface area contributed by atoms with Gasteiger partial charge in [0.1, 0.15) is 5.69 Å². The van der Waals surface area contributed by atoms with Crippen LogP contribution < -0.4 is 5.32 Å². The summed E-state index contributed by atoms with van der Waals surface area (Å²) < 4.78 is 14.7. The summed E-state index contributed by atoms with van der Waals surface area (Å²) in [6.07, 6.45) is 4.00. The Kier molecular flexibility index (Phi) is 6.64. The van der Waals surface area contributed by atoms with Crippen molar-refractivity contribution in [3.05, 3.63) is 34.4 Å². The van der Waals surface area contributed by atoms with Crippen LogP contribution in [0.4, 0.5) is 0 Å². The van der Waals surface area contributed by atoms with Crippen molar-refractivity contribution >= 4 is 11.9 Å². The minimum absolute atomic E-state index is 0.0187. The van der Waals surface area contributed by atoms with Crippen molar-refractivity contribution in [2.45, 2.75) is 66.0 Å². The highest BCUT2D eigenvalue weighted by atomic mass is 16.5. The highest BCUT2D eigenvalue weighted by Gasteiger charge is 2.39. The van der Waals surface area contributed by atoms with Crippen molar-refractivity contribution in [3.63, 3.8) is 0 Å². The summed E-state index contributed by atoms with van der Waals surface area (Å²) in [7, 11) is 0. The summed E-state index contributed by atoms with van der Waals surface area (Å²) in [5, 5.41) is 12.2. The molecule has 0 radical (unpaired) electrons. The zero-order chi connectivity index (χ0) is 22.7. The fraction of sp³-hybridized carbons (Fsp3) is 0.652. The second-order valence-electron chi connectivity index (χ2n) is 8.79. The first kappa shape index (κ1) is 22.5. The highest BCUT2D eigenvalue weighted by molar-refractivity contribution is 5.97. The molecule has 0 aromatic carbocycles. The molecule has 1 spiro atoms. The summed E-state index contributed by atoms with van der Waals surface area (Å²) in [4.78, 5) is 25.3. The smallest absolute Gasteiger partial charge is 0.356 e. The fourth-order valence-electron chi connectivity index (χ4n) is 4.76. The average molecular weight is 444 g/mol. The highest BCUT2D eigenvalue weighted by Crippen LogP contribution is 2.37. The number of ether oxygens (including phenoxy) is 2. The van der Waals surface area contributed by atoms with Crippen molar-refractivity contribution in [2.24, 2.45) is 5.41 Å². The second-order valence-corrected chi connectivity index (χ2v) is 8.79. The third kappa shape index (κ3) is 4.44. The van der Waals surface area contributed by atoms with Crippen LogP contribution in [0.5, 0.6) is 0 Å². The SMILES string of the molecule is CCc1nn(CCCOC(=O)c2cc(C)nn2CC)c2c1C(=O)NCC1(CCOCC1)C2. The number of carbonyl (C=O) groups is 2. The van der Waals surface area contributed by atoms with E-state index in [2.05, 4.69) is 10.4 Å². The molecule has 1 amide bonds. The number of nitrogens with zero attached hydrogens (tertiary/aromatic N) is 4. The number of hydrogen-bond acceptors (Lipinski definition) is 6. The Morgan fingerprint density at radius 3 is 2.75 bits per heavy atom. The predicted molar refractivity (Wildman–Crippen MR) is 118 cm³/mol. The van der Waals surface area contributed by atoms with E-state index in [1.807, 2.05) is 25.5 Å². The van der Waals surface area contributed by atoms with E-state index >= 15 is 0 Å². The van der Waals surface area contributed by atoms with E-state index in [0.29, 0.717) is 38.2 Å². The number of carbonyl (C=O) groups excluding carboxylic acids is 2. The van der Waals surface area contributed by atoms with Gasteiger partial charge in [0.15, 0.2) is 0 Å². The van der Waals surface area contributed by atoms with Gasteiger partial charge in [-0.05, 0) is 51.0 Å². The van der Waals surface area contributed by atoms with Crippen LogP contribution in [0.15, 0.2) is 6.07 Å². The number of amides is 1. The molecule has 2 aliphatic heterocycles. The van der Waals surface area contributed by atoms with Crippen LogP contribution in [-0.2, 0) is 35.4 Å². The van der Waals surface area contributed by atoms with Crippen LogP contribution >= 0.6 is 0 Å². The van der Waals surface area contributed by atoms with Gasteiger partial charge in [0, 0.05) is 39.3 Å². The van der Waals surface area contributed by atoms with Crippen LogP contribution in [0.25, 0.3) is 0 Å². The van der Waals surface area contributed by atoms with Crippen LogP contribution in [0.1, 0.15) is 71.0 Å². The number of esters is 1. The van der Waals surface area contributed by atoms with Crippen LogP contribution in [0, 0.1) is 12.3 Å². The summed E-state index contributed by atoms with van der Waals surface area (Å²) in [6.45, 7) is 9.46. The molecule has 1 N–H and O–H groups in total. The minimum Gasteiger partial charge on any atom is -0.461 e. The maximum atomic E-state index is 12.9. The molecule has 2 aromatic rings. The van der Waals surface area contributed by atoms with Crippen molar-refractivity contribution in [1.29, 1.82) is 0 Å². The fourth-order valence-corrected chi connectivity index (χ4v) is 4.76. The zero-order valence-corrected chi connectivity index (χ0v) is 19.3. The maximum absolute atomic E-state index is 12.9. The lowest BCUT2D eigenvalue weighted by Gasteiger charge is -2.36. The van der Waals surface area contributed by atoms with E-state index < -0.39 is 0 Å². The number of aromatic nitrogens is 4. The molecule has 2 aliphatic rings. The van der Waals surface area contributed by atoms with Crippen molar-refractivity contribution in [3.8, 4) is 0 Å². The Hall–Kier alpha value is -2.68. The van der Waals surface area contributed by atoms with Gasteiger partial charge in [0.25, 0.3) is 5.91 Å². The van der Waals surface area contributed by atoms with Crippen molar-refractivity contribution < 1.29 is 19.1 Å². The quantitative estimate of drug-likeness (QED) is 0.521. The summed E-state index contributed by atoms with van der Waals surface area (Å²) in [5.74, 6) is -0.386. The first-order valence-electron chi connectivity index (χ1n) is 11.6. The number of rotatable bonds is 7. The molecular formula is C23H33N5O4. The molecule has 9 heteroatoms. The van der Waals surface area contributed by atoms with Gasteiger partial charge in [-0.1, -0.05) is 6.92 Å². The van der Waals surface area contributed by atoms with Gasteiger partial charge in [-0.15, -0.1) is 0 Å². The Balaban J connectivity index is 1.45. The molecule has 32 heavy (non-hydrogen) atoms. The Labute approximate surface area is 188 Å². The third-order valence-electron chi connectivity index (χ3n) is 6.57. The Morgan fingerprint density at radius 2 is 2.03 bits per heavy atom. The molecule has 2 aromatic heterocycles. The summed E-state index contributed by atoms with van der Waals surface area (Å²) >= 11 is 0. The molecule has 0 bridgehead atoms. The van der Waals surface area contributed by atoms with Crippen molar-refractivity contribution in [1.82, 2.24) is 24.9 Å². The van der Waals surface area contributed by atoms with E-state index in [9.17, 15) is 9.59 Å². The first-order valence-corrected chi connectivity index (χ1v) is 11.6. The molecular weight excluding hydrogens is 410 g/mol. The predicted octanol–water partition coefficient (Wildman–Crippen LogP) is 2.30. The first-order chi connectivity index (χ1) is 15.5. The topological polar surface area (TPSA) is 100 Å². The molecule has 1 saturated heterocycles. The lowest BCUT2D eigenvalue weighted by molar-refractivity contribution is 0.0152. The van der Waals surface area contributed by atoms with Gasteiger partial charge >= 0.3 is 5.97 Å². The van der Waals surface area contributed by atoms with E-state index in [1.54, 1.807) is 10.7 Å². The summed E-state index contributed by atoms with van der Waals surface area (Å²) in [6, 6.07) is 1.75. The normalized spacial score (nSPS) is 17.7. The standard InChI is InChI=1S/C23H33N5O4/c1-4-17-20-19(14-23(15-24-21(20)29)7-11-31-12-8-23)28(26-17)9-6-10-32-22(30)18-13-16(3)25-27(18)5-2/h13H,4-12,14-15H2,1-3H3,(H,24,29). The molecule has 174 valence electrons. The van der Waals surface area contributed by atoms with Gasteiger partial charge in [0.05, 0.1) is 29.3 Å². The van der Waals surface area contributed by atoms with Crippen LogP contribution in [-0.4, -0.2) is 57.8 Å². The van der Waals surface area contributed by atoms with Gasteiger partial charge in [0.2, 0.25) is 0 Å². The van der Waals surface area contributed by atoms with E-state index in [-0.39, 0.29) is 23.9 Å². The number of hydrogen-bond donors (Lipinski definition) is 1. The average Bonchev–Trinajstić information content (AvgIpc) is 3.31. The zero-order valence-electron chi connectivity index (χ0n) is 19.3. The number of aryl methyl sites for hydroxylation is 4.